The van der Waals surface area contributed by atoms with Crippen LogP contribution >= 0.6 is 0 Å². The second-order valence-corrected chi connectivity index (χ2v) is 6.75. The number of aryl methyl sites for hydroxylation is 1. The van der Waals surface area contributed by atoms with Crippen molar-refractivity contribution >= 4 is 5.69 Å². The minimum atomic E-state index is -0.237. The van der Waals surface area contributed by atoms with Gasteiger partial charge in [0, 0.05) is 31.9 Å². The summed E-state index contributed by atoms with van der Waals surface area (Å²) in [6.45, 7) is 6.08. The number of rotatable bonds is 5. The standard InChI is InChI=1S/C18H26FN5O/c1-12(20-11-18-22-21-13(2)23(18)3)16-10-14(19)4-5-17(16)24-8-6-15(25)7-9-24/h4-5,10,12,15,20,25H,6-9,11H2,1-3H3. The molecule has 1 aromatic heterocycles. The average Bonchev–Trinajstić information content (AvgIpc) is 2.92. The second kappa shape index (κ2) is 7.49. The van der Waals surface area contributed by atoms with Crippen LogP contribution in [0.25, 0.3) is 0 Å². The van der Waals surface area contributed by atoms with Crippen LogP contribution in [-0.2, 0) is 13.6 Å². The van der Waals surface area contributed by atoms with Crippen LogP contribution in [0, 0.1) is 12.7 Å². The summed E-state index contributed by atoms with van der Waals surface area (Å²) in [7, 11) is 1.93. The molecule has 1 saturated heterocycles. The average molecular weight is 347 g/mol. The lowest BCUT2D eigenvalue weighted by atomic mass is 10.0. The van der Waals surface area contributed by atoms with Crippen molar-refractivity contribution in [1.29, 1.82) is 0 Å². The summed E-state index contributed by atoms with van der Waals surface area (Å²) in [6, 6.07) is 4.91. The normalized spacial score (nSPS) is 17.1. The van der Waals surface area contributed by atoms with Crippen molar-refractivity contribution < 1.29 is 9.50 Å². The first kappa shape index (κ1) is 17.8. The van der Waals surface area contributed by atoms with Gasteiger partial charge in [-0.05, 0) is 50.5 Å². The Balaban J connectivity index is 1.75. The summed E-state index contributed by atoms with van der Waals surface area (Å²) in [5.74, 6) is 1.48. The lowest BCUT2D eigenvalue weighted by Gasteiger charge is -2.34. The molecular weight excluding hydrogens is 321 g/mol. The van der Waals surface area contributed by atoms with E-state index in [-0.39, 0.29) is 18.0 Å². The number of benzene rings is 1. The van der Waals surface area contributed by atoms with E-state index >= 15 is 0 Å². The van der Waals surface area contributed by atoms with Crippen LogP contribution in [0.3, 0.4) is 0 Å². The maximum atomic E-state index is 13.9. The fraction of sp³-hybridized carbons (Fsp3) is 0.556. The molecule has 2 heterocycles. The van der Waals surface area contributed by atoms with Gasteiger partial charge in [-0.15, -0.1) is 10.2 Å². The van der Waals surface area contributed by atoms with Crippen molar-refractivity contribution in [2.24, 2.45) is 7.05 Å². The van der Waals surface area contributed by atoms with Gasteiger partial charge in [0.05, 0.1) is 12.6 Å². The third kappa shape index (κ3) is 3.99. The highest BCUT2D eigenvalue weighted by molar-refractivity contribution is 5.55. The van der Waals surface area contributed by atoms with Crippen LogP contribution in [0.2, 0.25) is 0 Å². The van der Waals surface area contributed by atoms with Crippen molar-refractivity contribution in [3.63, 3.8) is 0 Å². The Morgan fingerprint density at radius 2 is 2.04 bits per heavy atom. The zero-order valence-corrected chi connectivity index (χ0v) is 15.0. The number of piperidine rings is 1. The quantitative estimate of drug-likeness (QED) is 0.867. The maximum Gasteiger partial charge on any atom is 0.146 e. The van der Waals surface area contributed by atoms with Gasteiger partial charge in [-0.2, -0.15) is 0 Å². The van der Waals surface area contributed by atoms with E-state index in [1.807, 2.05) is 31.5 Å². The van der Waals surface area contributed by atoms with E-state index in [4.69, 9.17) is 0 Å². The Kier molecular flexibility index (Phi) is 5.34. The fourth-order valence-corrected chi connectivity index (χ4v) is 3.23. The Labute approximate surface area is 147 Å². The Morgan fingerprint density at radius 1 is 1.32 bits per heavy atom. The molecule has 1 fully saturated rings. The van der Waals surface area contributed by atoms with Gasteiger partial charge in [-0.3, -0.25) is 0 Å². The number of halogens is 1. The number of nitrogens with one attached hydrogen (secondary N) is 1. The van der Waals surface area contributed by atoms with Gasteiger partial charge in [0.2, 0.25) is 0 Å². The van der Waals surface area contributed by atoms with E-state index < -0.39 is 0 Å². The first-order valence-electron chi connectivity index (χ1n) is 8.76. The number of aliphatic hydroxyl groups excluding tert-OH is 1. The maximum absolute atomic E-state index is 13.9. The van der Waals surface area contributed by atoms with Crippen LogP contribution in [0.15, 0.2) is 18.2 Å². The molecule has 0 saturated carbocycles. The minimum Gasteiger partial charge on any atom is -0.393 e. The molecule has 0 radical (unpaired) electrons. The predicted octanol–water partition coefficient (Wildman–Crippen LogP) is 2.07. The molecule has 25 heavy (non-hydrogen) atoms. The molecule has 136 valence electrons. The highest BCUT2D eigenvalue weighted by Gasteiger charge is 2.22. The van der Waals surface area contributed by atoms with E-state index in [1.165, 1.54) is 6.07 Å². The highest BCUT2D eigenvalue weighted by atomic mass is 19.1. The van der Waals surface area contributed by atoms with Crippen LogP contribution in [-0.4, -0.2) is 39.1 Å². The summed E-state index contributed by atoms with van der Waals surface area (Å²) in [6.07, 6.45) is 1.27. The van der Waals surface area contributed by atoms with Crippen LogP contribution < -0.4 is 10.2 Å². The summed E-state index contributed by atoms with van der Waals surface area (Å²) in [5.41, 5.74) is 1.96. The van der Waals surface area contributed by atoms with E-state index in [0.29, 0.717) is 6.54 Å². The number of nitrogens with zero attached hydrogens (tertiary/aromatic N) is 4. The first-order valence-corrected chi connectivity index (χ1v) is 8.76. The van der Waals surface area contributed by atoms with Gasteiger partial charge in [0.1, 0.15) is 17.5 Å². The lowest BCUT2D eigenvalue weighted by molar-refractivity contribution is 0.145. The molecule has 0 aliphatic carbocycles. The van der Waals surface area contributed by atoms with Crippen LogP contribution in [0.5, 0.6) is 0 Å². The zero-order valence-electron chi connectivity index (χ0n) is 15.0. The molecule has 1 aliphatic rings. The summed E-state index contributed by atoms with van der Waals surface area (Å²) in [4.78, 5) is 2.23. The zero-order chi connectivity index (χ0) is 18.0. The number of hydrogen-bond acceptors (Lipinski definition) is 5. The third-order valence-corrected chi connectivity index (χ3v) is 5.01. The van der Waals surface area contributed by atoms with Crippen molar-refractivity contribution in [1.82, 2.24) is 20.1 Å². The van der Waals surface area contributed by atoms with Gasteiger partial charge >= 0.3 is 0 Å². The molecule has 1 aliphatic heterocycles. The molecule has 1 unspecified atom stereocenters. The lowest BCUT2D eigenvalue weighted by Crippen LogP contribution is -2.37. The number of aliphatic hydroxyl groups is 1. The second-order valence-electron chi connectivity index (χ2n) is 6.75. The topological polar surface area (TPSA) is 66.2 Å². The fourth-order valence-electron chi connectivity index (χ4n) is 3.23. The predicted molar refractivity (Wildman–Crippen MR) is 94.8 cm³/mol. The van der Waals surface area contributed by atoms with Gasteiger partial charge in [-0.1, -0.05) is 0 Å². The highest BCUT2D eigenvalue weighted by Crippen LogP contribution is 2.29. The number of anilines is 1. The van der Waals surface area contributed by atoms with Crippen LogP contribution in [0.4, 0.5) is 10.1 Å². The monoisotopic (exact) mass is 347 g/mol. The smallest absolute Gasteiger partial charge is 0.146 e. The number of hydrogen-bond donors (Lipinski definition) is 2. The SMILES string of the molecule is Cc1nnc(CNC(C)c2cc(F)ccc2N2CCC(O)CC2)n1C. The molecule has 0 bridgehead atoms. The van der Waals surface area contributed by atoms with E-state index in [1.54, 1.807) is 6.07 Å². The Bertz CT molecular complexity index is 724. The molecule has 1 atom stereocenters. The molecule has 6 nitrogen and oxygen atoms in total. The van der Waals surface area contributed by atoms with Crippen molar-refractivity contribution in [2.45, 2.75) is 45.4 Å². The summed E-state index contributed by atoms with van der Waals surface area (Å²) < 4.78 is 15.8. The van der Waals surface area contributed by atoms with Crippen LogP contribution in [0.1, 0.15) is 43.0 Å². The largest absolute Gasteiger partial charge is 0.393 e. The van der Waals surface area contributed by atoms with Gasteiger partial charge in [0.15, 0.2) is 0 Å². The summed E-state index contributed by atoms with van der Waals surface area (Å²) in [5, 5.41) is 21.4. The van der Waals surface area contributed by atoms with Gasteiger partial charge < -0.3 is 19.9 Å². The third-order valence-electron chi connectivity index (χ3n) is 5.01. The molecule has 0 amide bonds. The molecule has 3 rings (SSSR count). The number of aromatic nitrogens is 3. The Hall–Kier alpha value is -1.99. The molecule has 1 aromatic carbocycles. The minimum absolute atomic E-state index is 0.0328. The molecule has 2 aromatic rings. The molecular formula is C18H26FN5O. The van der Waals surface area contributed by atoms with E-state index in [2.05, 4.69) is 20.4 Å². The van der Waals surface area contributed by atoms with Gasteiger partial charge in [0.25, 0.3) is 0 Å². The van der Waals surface area contributed by atoms with Crippen molar-refractivity contribution in [3.8, 4) is 0 Å². The van der Waals surface area contributed by atoms with E-state index in [9.17, 15) is 9.50 Å². The van der Waals surface area contributed by atoms with Gasteiger partial charge in [-0.25, -0.2) is 4.39 Å². The first-order chi connectivity index (χ1) is 12.0. The van der Waals surface area contributed by atoms with Crippen molar-refractivity contribution in [2.75, 3.05) is 18.0 Å². The summed E-state index contributed by atoms with van der Waals surface area (Å²) >= 11 is 0. The van der Waals surface area contributed by atoms with E-state index in [0.717, 1.165) is 48.8 Å². The van der Waals surface area contributed by atoms with Crippen molar-refractivity contribution in [3.05, 3.63) is 41.2 Å². The molecule has 2 N–H and O–H groups in total. The molecule has 7 heteroatoms. The molecule has 0 spiro atoms. The Morgan fingerprint density at radius 3 is 2.68 bits per heavy atom.